The minimum Gasteiger partial charge on any atom is -0.312 e. The predicted molar refractivity (Wildman–Crippen MR) is 110 cm³/mol. The van der Waals surface area contributed by atoms with E-state index in [4.69, 9.17) is 0 Å². The van der Waals surface area contributed by atoms with Gasteiger partial charge in [0.2, 0.25) is 0 Å². The molecule has 2 heterocycles. The smallest absolute Gasteiger partial charge is 0.180 e. The van der Waals surface area contributed by atoms with Gasteiger partial charge < -0.3 is 4.90 Å². The number of H-pyrrole nitrogens is 1. The van der Waals surface area contributed by atoms with Crippen molar-refractivity contribution in [3.05, 3.63) is 59.2 Å². The van der Waals surface area contributed by atoms with Crippen molar-refractivity contribution < 1.29 is 8.42 Å². The molecule has 1 N–H and O–H groups in total. The first-order chi connectivity index (χ1) is 13.2. The van der Waals surface area contributed by atoms with E-state index in [0.717, 1.165) is 28.5 Å². The predicted octanol–water partition coefficient (Wildman–Crippen LogP) is 3.36. The highest BCUT2D eigenvalue weighted by molar-refractivity contribution is 7.92. The second-order valence-electron chi connectivity index (χ2n) is 7.11. The molecule has 7 nitrogen and oxygen atoms in total. The van der Waals surface area contributed by atoms with E-state index in [9.17, 15) is 8.42 Å². The molecule has 3 aromatic rings. The molecule has 0 atom stereocenters. The molecule has 0 spiro atoms. The van der Waals surface area contributed by atoms with E-state index in [2.05, 4.69) is 20.2 Å². The van der Waals surface area contributed by atoms with E-state index >= 15 is 0 Å². The highest BCUT2D eigenvalue weighted by Crippen LogP contribution is 2.25. The summed E-state index contributed by atoms with van der Waals surface area (Å²) in [6, 6.07) is 8.81. The maximum Gasteiger partial charge on any atom is 0.180 e. The fourth-order valence-corrected chi connectivity index (χ4v) is 3.98. The minimum atomic E-state index is -3.31. The molecule has 0 bridgehead atoms. The molecular formula is C20H25N5O2S. The molecule has 3 rings (SSSR count). The average Bonchev–Trinajstić information content (AvgIpc) is 3.00. The Morgan fingerprint density at radius 1 is 1.18 bits per heavy atom. The van der Waals surface area contributed by atoms with Crippen molar-refractivity contribution in [1.29, 1.82) is 0 Å². The Labute approximate surface area is 165 Å². The molecule has 0 aliphatic carbocycles. The van der Waals surface area contributed by atoms with Gasteiger partial charge in [-0.2, -0.15) is 5.10 Å². The molecule has 1 aromatic carbocycles. The van der Waals surface area contributed by atoms with Gasteiger partial charge >= 0.3 is 0 Å². The van der Waals surface area contributed by atoms with E-state index in [1.807, 2.05) is 37.9 Å². The van der Waals surface area contributed by atoms with Crippen LogP contribution in [0.4, 0.5) is 11.6 Å². The first-order valence-corrected chi connectivity index (χ1v) is 10.6. The molecule has 0 aliphatic heterocycles. The Balaban J connectivity index is 1.87. The third-order valence-corrected chi connectivity index (χ3v) is 6.94. The van der Waals surface area contributed by atoms with Crippen molar-refractivity contribution in [2.45, 2.75) is 44.3 Å². The van der Waals surface area contributed by atoms with Crippen LogP contribution in [-0.4, -0.2) is 40.9 Å². The maximum absolute atomic E-state index is 12.4. The van der Waals surface area contributed by atoms with Gasteiger partial charge in [-0.15, -0.1) is 0 Å². The zero-order valence-corrected chi connectivity index (χ0v) is 17.6. The molecular weight excluding hydrogens is 374 g/mol. The summed E-state index contributed by atoms with van der Waals surface area (Å²) in [6.07, 6.45) is 2.15. The molecule has 0 aliphatic rings. The summed E-state index contributed by atoms with van der Waals surface area (Å²) in [6.45, 7) is 7.35. The number of sulfone groups is 1. The summed E-state index contributed by atoms with van der Waals surface area (Å²) < 4.78 is 24.8. The van der Waals surface area contributed by atoms with Crippen molar-refractivity contribution in [2.24, 2.45) is 0 Å². The molecule has 28 heavy (non-hydrogen) atoms. The quantitative estimate of drug-likeness (QED) is 0.683. The molecule has 0 fully saturated rings. The lowest BCUT2D eigenvalue weighted by Crippen LogP contribution is -2.15. The third kappa shape index (κ3) is 3.91. The SMILES string of the molecule is Cc1[nH]nc(N(C)c2ccnc(Cc3cccc(S(=O)(=O)C(C)C)c3)n2)c1C. The van der Waals surface area contributed by atoms with Crippen molar-refractivity contribution in [3.8, 4) is 0 Å². The summed E-state index contributed by atoms with van der Waals surface area (Å²) >= 11 is 0. The Morgan fingerprint density at radius 2 is 1.93 bits per heavy atom. The molecule has 2 aromatic heterocycles. The first-order valence-electron chi connectivity index (χ1n) is 9.10. The summed E-state index contributed by atoms with van der Waals surface area (Å²) in [4.78, 5) is 11.2. The summed E-state index contributed by atoms with van der Waals surface area (Å²) in [5, 5.41) is 6.85. The van der Waals surface area contributed by atoms with Crippen LogP contribution in [0.1, 0.15) is 36.5 Å². The highest BCUT2D eigenvalue weighted by atomic mass is 32.2. The van der Waals surface area contributed by atoms with Crippen molar-refractivity contribution in [1.82, 2.24) is 20.2 Å². The number of benzene rings is 1. The second-order valence-corrected chi connectivity index (χ2v) is 9.61. The molecule has 0 radical (unpaired) electrons. The van der Waals surface area contributed by atoms with Gasteiger partial charge in [0.15, 0.2) is 15.7 Å². The van der Waals surface area contributed by atoms with Crippen LogP contribution in [0.2, 0.25) is 0 Å². The fourth-order valence-electron chi connectivity index (χ4n) is 2.85. The van der Waals surface area contributed by atoms with Crippen molar-refractivity contribution >= 4 is 21.5 Å². The molecule has 0 unspecified atom stereocenters. The van der Waals surface area contributed by atoms with Crippen LogP contribution >= 0.6 is 0 Å². The Morgan fingerprint density at radius 3 is 2.57 bits per heavy atom. The van der Waals surface area contributed by atoms with E-state index < -0.39 is 15.1 Å². The number of nitrogens with zero attached hydrogens (tertiary/aromatic N) is 4. The number of rotatable bonds is 6. The lowest BCUT2D eigenvalue weighted by atomic mass is 10.1. The van der Waals surface area contributed by atoms with Gasteiger partial charge in [-0.25, -0.2) is 18.4 Å². The number of hydrogen-bond acceptors (Lipinski definition) is 6. The van der Waals surface area contributed by atoms with Crippen LogP contribution in [0.5, 0.6) is 0 Å². The fraction of sp³-hybridized carbons (Fsp3) is 0.350. The van der Waals surface area contributed by atoms with Crippen LogP contribution < -0.4 is 4.90 Å². The normalized spacial score (nSPS) is 11.8. The standard InChI is InChI=1S/C20H25N5O2S/c1-13(2)28(26,27)17-8-6-7-16(11-17)12-18-21-10-9-19(22-18)25(5)20-14(3)15(4)23-24-20/h6-11,13H,12H2,1-5H3,(H,23,24). The number of aromatic amines is 1. The number of hydrogen-bond donors (Lipinski definition) is 1. The molecule has 8 heteroatoms. The van der Waals surface area contributed by atoms with E-state index in [1.54, 1.807) is 38.2 Å². The second kappa shape index (κ2) is 7.71. The molecule has 148 valence electrons. The molecule has 0 saturated carbocycles. The highest BCUT2D eigenvalue weighted by Gasteiger charge is 2.19. The van der Waals surface area contributed by atoms with Crippen molar-refractivity contribution in [3.63, 3.8) is 0 Å². The maximum atomic E-state index is 12.4. The summed E-state index contributed by atoms with van der Waals surface area (Å²) in [5.41, 5.74) is 2.93. The Bertz CT molecular complexity index is 1090. The number of anilines is 2. The van der Waals surface area contributed by atoms with Gasteiger partial charge in [-0.1, -0.05) is 12.1 Å². The lowest BCUT2D eigenvalue weighted by Gasteiger charge is -2.17. The minimum absolute atomic E-state index is 0.330. The van der Waals surface area contributed by atoms with Gasteiger partial charge in [-0.05, 0) is 51.5 Å². The average molecular weight is 400 g/mol. The number of nitrogens with one attached hydrogen (secondary N) is 1. The largest absolute Gasteiger partial charge is 0.312 e. The number of aryl methyl sites for hydroxylation is 1. The molecule has 0 saturated heterocycles. The van der Waals surface area contributed by atoms with Crippen LogP contribution in [0, 0.1) is 13.8 Å². The summed E-state index contributed by atoms with van der Waals surface area (Å²) in [5.74, 6) is 2.16. The van der Waals surface area contributed by atoms with Crippen LogP contribution in [0.25, 0.3) is 0 Å². The van der Waals surface area contributed by atoms with Crippen molar-refractivity contribution in [2.75, 3.05) is 11.9 Å². The van der Waals surface area contributed by atoms with E-state index in [1.165, 1.54) is 0 Å². The summed E-state index contributed by atoms with van der Waals surface area (Å²) in [7, 11) is -1.41. The van der Waals surface area contributed by atoms with Crippen LogP contribution in [0.3, 0.4) is 0 Å². The van der Waals surface area contributed by atoms with Crippen LogP contribution in [-0.2, 0) is 16.3 Å². The van der Waals surface area contributed by atoms with Gasteiger partial charge in [0.05, 0.1) is 10.1 Å². The van der Waals surface area contributed by atoms with Gasteiger partial charge in [0, 0.05) is 30.9 Å². The van der Waals surface area contributed by atoms with Gasteiger partial charge in [0.1, 0.15) is 11.6 Å². The van der Waals surface area contributed by atoms with Crippen LogP contribution in [0.15, 0.2) is 41.4 Å². The van der Waals surface area contributed by atoms with E-state index in [-0.39, 0.29) is 0 Å². The number of aromatic nitrogens is 4. The lowest BCUT2D eigenvalue weighted by molar-refractivity contribution is 0.587. The topological polar surface area (TPSA) is 91.8 Å². The first kappa shape index (κ1) is 20.0. The monoisotopic (exact) mass is 399 g/mol. The Kier molecular flexibility index (Phi) is 5.51. The van der Waals surface area contributed by atoms with Gasteiger partial charge in [0.25, 0.3) is 0 Å². The zero-order valence-electron chi connectivity index (χ0n) is 16.8. The van der Waals surface area contributed by atoms with Gasteiger partial charge in [-0.3, -0.25) is 5.10 Å². The third-order valence-electron chi connectivity index (χ3n) is 4.79. The Hall–Kier alpha value is -2.74. The molecule has 0 amide bonds. The van der Waals surface area contributed by atoms with E-state index in [0.29, 0.717) is 17.1 Å². The zero-order chi connectivity index (χ0) is 20.5.